The molecule has 4 aromatic rings. The van der Waals surface area contributed by atoms with Crippen LogP contribution in [0.15, 0.2) is 58.0 Å². The summed E-state index contributed by atoms with van der Waals surface area (Å²) in [4.78, 5) is 19.9. The molecule has 0 unspecified atom stereocenters. The van der Waals surface area contributed by atoms with Crippen LogP contribution in [-0.4, -0.2) is 21.7 Å². The lowest BCUT2D eigenvalue weighted by Gasteiger charge is -2.06. The molecule has 7 heteroatoms. The molecule has 2 aromatic heterocycles. The monoisotopic (exact) mass is 351 g/mol. The summed E-state index contributed by atoms with van der Waals surface area (Å²) in [5.41, 5.74) is 0.983. The van der Waals surface area contributed by atoms with Crippen molar-refractivity contribution >= 4 is 10.9 Å². The minimum absolute atomic E-state index is 0.0544. The standard InChI is InChI=1S/C19H14FN3O3/c1-2-25-16-6-4-3-5-12(16)18-22-19(26-23-18)14-10-21-15-8-7-11(20)9-13(15)17(14)24/h3-10H,2H2,1H3,(H,21,24). The van der Waals surface area contributed by atoms with Gasteiger partial charge in [-0.2, -0.15) is 4.98 Å². The Labute approximate surface area is 147 Å². The first-order valence-corrected chi connectivity index (χ1v) is 8.04. The van der Waals surface area contributed by atoms with Crippen LogP contribution in [0, 0.1) is 5.82 Å². The molecule has 0 bridgehead atoms. The first-order valence-electron chi connectivity index (χ1n) is 8.04. The smallest absolute Gasteiger partial charge is 0.263 e. The van der Waals surface area contributed by atoms with E-state index in [1.54, 1.807) is 12.1 Å². The maximum Gasteiger partial charge on any atom is 0.263 e. The third kappa shape index (κ3) is 2.73. The van der Waals surface area contributed by atoms with Gasteiger partial charge in [0.2, 0.25) is 11.3 Å². The zero-order valence-corrected chi connectivity index (χ0v) is 13.8. The molecule has 0 saturated carbocycles. The van der Waals surface area contributed by atoms with E-state index in [1.165, 1.54) is 24.4 Å². The highest BCUT2D eigenvalue weighted by atomic mass is 19.1. The molecule has 0 aliphatic carbocycles. The minimum Gasteiger partial charge on any atom is -0.493 e. The molecular formula is C19H14FN3O3. The summed E-state index contributed by atoms with van der Waals surface area (Å²) in [5.74, 6) is 0.496. The van der Waals surface area contributed by atoms with Gasteiger partial charge >= 0.3 is 0 Å². The SMILES string of the molecule is CCOc1ccccc1-c1noc(-c2c[nH]c3ccc(F)cc3c2=O)n1. The summed E-state index contributed by atoms with van der Waals surface area (Å²) in [7, 11) is 0. The Morgan fingerprint density at radius 2 is 2.04 bits per heavy atom. The van der Waals surface area contributed by atoms with Crippen molar-refractivity contribution in [3.05, 3.63) is 64.7 Å². The van der Waals surface area contributed by atoms with E-state index < -0.39 is 5.82 Å². The fourth-order valence-corrected chi connectivity index (χ4v) is 2.72. The lowest BCUT2D eigenvalue weighted by molar-refractivity contribution is 0.341. The predicted octanol–water partition coefficient (Wildman–Crippen LogP) is 3.78. The largest absolute Gasteiger partial charge is 0.493 e. The summed E-state index contributed by atoms with van der Waals surface area (Å²) in [6.07, 6.45) is 1.48. The van der Waals surface area contributed by atoms with Gasteiger partial charge in [-0.15, -0.1) is 0 Å². The summed E-state index contributed by atoms with van der Waals surface area (Å²) in [6.45, 7) is 2.38. The van der Waals surface area contributed by atoms with Gasteiger partial charge in [0.15, 0.2) is 0 Å². The minimum atomic E-state index is -0.489. The Morgan fingerprint density at radius 3 is 2.88 bits per heavy atom. The maximum atomic E-state index is 13.5. The predicted molar refractivity (Wildman–Crippen MR) is 94.4 cm³/mol. The highest BCUT2D eigenvalue weighted by Gasteiger charge is 2.17. The number of benzene rings is 2. The van der Waals surface area contributed by atoms with E-state index in [2.05, 4.69) is 15.1 Å². The number of nitrogens with one attached hydrogen (secondary N) is 1. The Kier molecular flexibility index (Phi) is 3.96. The normalized spacial score (nSPS) is 11.0. The molecular weight excluding hydrogens is 337 g/mol. The number of aromatic nitrogens is 3. The van der Waals surface area contributed by atoms with Crippen LogP contribution in [0.2, 0.25) is 0 Å². The molecule has 0 saturated heterocycles. The fourth-order valence-electron chi connectivity index (χ4n) is 2.72. The molecule has 0 aliphatic rings. The number of hydrogen-bond acceptors (Lipinski definition) is 5. The highest BCUT2D eigenvalue weighted by Crippen LogP contribution is 2.29. The molecule has 26 heavy (non-hydrogen) atoms. The summed E-state index contributed by atoms with van der Waals surface area (Å²) in [6, 6.07) is 11.3. The number of hydrogen-bond donors (Lipinski definition) is 1. The van der Waals surface area contributed by atoms with E-state index in [9.17, 15) is 9.18 Å². The molecule has 0 radical (unpaired) electrons. The van der Waals surface area contributed by atoms with E-state index in [0.717, 1.165) is 0 Å². The van der Waals surface area contributed by atoms with Crippen LogP contribution in [0.1, 0.15) is 6.92 Å². The van der Waals surface area contributed by atoms with Gasteiger partial charge in [0.25, 0.3) is 5.89 Å². The van der Waals surface area contributed by atoms with Crippen molar-refractivity contribution in [1.82, 2.24) is 15.1 Å². The van der Waals surface area contributed by atoms with Gasteiger partial charge in [-0.3, -0.25) is 4.79 Å². The van der Waals surface area contributed by atoms with Gasteiger partial charge < -0.3 is 14.2 Å². The number of pyridine rings is 1. The van der Waals surface area contributed by atoms with Crippen molar-refractivity contribution in [1.29, 1.82) is 0 Å². The second-order valence-corrected chi connectivity index (χ2v) is 5.57. The second-order valence-electron chi connectivity index (χ2n) is 5.57. The van der Waals surface area contributed by atoms with Crippen LogP contribution >= 0.6 is 0 Å². The molecule has 4 rings (SSSR count). The van der Waals surface area contributed by atoms with Crippen LogP contribution < -0.4 is 10.2 Å². The van der Waals surface area contributed by atoms with Crippen molar-refractivity contribution in [2.24, 2.45) is 0 Å². The van der Waals surface area contributed by atoms with Crippen molar-refractivity contribution in [3.63, 3.8) is 0 Å². The molecule has 0 atom stereocenters. The van der Waals surface area contributed by atoms with Crippen LogP contribution in [0.5, 0.6) is 5.75 Å². The zero-order chi connectivity index (χ0) is 18.1. The number of ether oxygens (including phenoxy) is 1. The van der Waals surface area contributed by atoms with E-state index in [0.29, 0.717) is 29.3 Å². The van der Waals surface area contributed by atoms with Crippen molar-refractivity contribution < 1.29 is 13.7 Å². The molecule has 6 nitrogen and oxygen atoms in total. The summed E-state index contributed by atoms with van der Waals surface area (Å²) < 4.78 is 24.3. The van der Waals surface area contributed by atoms with Gasteiger partial charge in [-0.05, 0) is 37.3 Å². The second kappa shape index (κ2) is 6.44. The lowest BCUT2D eigenvalue weighted by Crippen LogP contribution is -2.06. The number of rotatable bonds is 4. The van der Waals surface area contributed by atoms with E-state index >= 15 is 0 Å². The van der Waals surface area contributed by atoms with Gasteiger partial charge in [-0.25, -0.2) is 4.39 Å². The highest BCUT2D eigenvalue weighted by molar-refractivity contribution is 5.82. The number of para-hydroxylation sites is 1. The Balaban J connectivity index is 1.81. The average Bonchev–Trinajstić information content (AvgIpc) is 3.13. The van der Waals surface area contributed by atoms with Gasteiger partial charge in [0, 0.05) is 17.1 Å². The first-order chi connectivity index (χ1) is 12.7. The summed E-state index contributed by atoms with van der Waals surface area (Å²) >= 11 is 0. The fraction of sp³-hybridized carbons (Fsp3) is 0.105. The van der Waals surface area contributed by atoms with Crippen molar-refractivity contribution in [3.8, 4) is 28.6 Å². The molecule has 0 aliphatic heterocycles. The van der Waals surface area contributed by atoms with Crippen molar-refractivity contribution in [2.45, 2.75) is 6.92 Å². The molecule has 0 fully saturated rings. The number of nitrogens with zero attached hydrogens (tertiary/aromatic N) is 2. The molecule has 0 amide bonds. The van der Waals surface area contributed by atoms with Gasteiger partial charge in [-0.1, -0.05) is 17.3 Å². The third-order valence-corrected chi connectivity index (χ3v) is 3.93. The van der Waals surface area contributed by atoms with Crippen LogP contribution in [0.3, 0.4) is 0 Å². The lowest BCUT2D eigenvalue weighted by atomic mass is 10.1. The van der Waals surface area contributed by atoms with Crippen LogP contribution in [0.25, 0.3) is 33.7 Å². The molecule has 0 spiro atoms. The molecule has 2 aromatic carbocycles. The Bertz CT molecular complexity index is 1150. The van der Waals surface area contributed by atoms with Crippen LogP contribution in [-0.2, 0) is 0 Å². The number of fused-ring (bicyclic) bond motifs is 1. The Morgan fingerprint density at radius 1 is 1.19 bits per heavy atom. The maximum absolute atomic E-state index is 13.5. The molecule has 1 N–H and O–H groups in total. The van der Waals surface area contributed by atoms with Crippen LogP contribution in [0.4, 0.5) is 4.39 Å². The number of halogens is 1. The van der Waals surface area contributed by atoms with Crippen molar-refractivity contribution in [2.75, 3.05) is 6.61 Å². The summed E-state index contributed by atoms with van der Waals surface area (Å²) in [5, 5.41) is 4.17. The zero-order valence-electron chi connectivity index (χ0n) is 13.8. The Hall–Kier alpha value is -3.48. The third-order valence-electron chi connectivity index (χ3n) is 3.93. The van der Waals surface area contributed by atoms with E-state index in [-0.39, 0.29) is 22.3 Å². The van der Waals surface area contributed by atoms with Gasteiger partial charge in [0.1, 0.15) is 17.1 Å². The number of H-pyrrole nitrogens is 1. The topological polar surface area (TPSA) is 81.0 Å². The van der Waals surface area contributed by atoms with E-state index in [4.69, 9.17) is 9.26 Å². The number of aromatic amines is 1. The molecule has 130 valence electrons. The molecule has 2 heterocycles. The first kappa shape index (κ1) is 16.0. The van der Waals surface area contributed by atoms with Gasteiger partial charge in [0.05, 0.1) is 12.2 Å². The quantitative estimate of drug-likeness (QED) is 0.605. The van der Waals surface area contributed by atoms with E-state index in [1.807, 2.05) is 19.1 Å². The average molecular weight is 351 g/mol.